The smallest absolute Gasteiger partial charge is 0.0936 e. The van der Waals surface area contributed by atoms with E-state index in [1.807, 2.05) is 0 Å². The number of epoxide rings is 1. The van der Waals surface area contributed by atoms with Gasteiger partial charge in [0.1, 0.15) is 0 Å². The number of nitrogens with zero attached hydrogens (tertiary/aromatic N) is 1. The molecule has 2 saturated carbocycles. The van der Waals surface area contributed by atoms with E-state index in [1.165, 1.54) is 45.1 Å². The summed E-state index contributed by atoms with van der Waals surface area (Å²) in [4.78, 5) is 2.58. The molecule has 14 heavy (non-hydrogen) atoms. The van der Waals surface area contributed by atoms with Crippen LogP contribution in [0.15, 0.2) is 0 Å². The fourth-order valence-corrected chi connectivity index (χ4v) is 3.65. The van der Waals surface area contributed by atoms with Gasteiger partial charge in [-0.1, -0.05) is 12.8 Å². The molecule has 0 bridgehead atoms. The average molecular weight is 195 g/mol. The largest absolute Gasteiger partial charge is 0.372 e. The Labute approximate surface area is 86.6 Å². The topological polar surface area (TPSA) is 15.8 Å². The van der Waals surface area contributed by atoms with Gasteiger partial charge in [-0.25, -0.2) is 0 Å². The van der Waals surface area contributed by atoms with Crippen LogP contribution in [-0.4, -0.2) is 37.2 Å². The van der Waals surface area contributed by atoms with Crippen molar-refractivity contribution in [3.05, 3.63) is 0 Å². The van der Waals surface area contributed by atoms with Crippen LogP contribution >= 0.6 is 0 Å². The average Bonchev–Trinajstić information content (AvgIpc) is 2.80. The van der Waals surface area contributed by atoms with Crippen LogP contribution in [-0.2, 0) is 4.74 Å². The van der Waals surface area contributed by atoms with Crippen molar-refractivity contribution in [1.82, 2.24) is 4.90 Å². The van der Waals surface area contributed by atoms with Gasteiger partial charge < -0.3 is 9.64 Å². The lowest BCUT2D eigenvalue weighted by atomic mass is 9.62. The molecule has 2 nitrogen and oxygen atoms in total. The second-order valence-corrected chi connectivity index (χ2v) is 5.52. The van der Waals surface area contributed by atoms with Gasteiger partial charge in [0, 0.05) is 12.6 Å². The molecular formula is C12H21NO. The van der Waals surface area contributed by atoms with Crippen molar-refractivity contribution in [3.63, 3.8) is 0 Å². The monoisotopic (exact) mass is 195 g/mol. The number of ether oxygens (including phenoxy) is 1. The van der Waals surface area contributed by atoms with E-state index < -0.39 is 0 Å². The van der Waals surface area contributed by atoms with Crippen molar-refractivity contribution in [2.24, 2.45) is 5.41 Å². The number of hydrogen-bond donors (Lipinski definition) is 0. The Morgan fingerprint density at radius 2 is 2.00 bits per heavy atom. The van der Waals surface area contributed by atoms with Crippen molar-refractivity contribution < 1.29 is 4.74 Å². The third-order valence-corrected chi connectivity index (χ3v) is 4.65. The van der Waals surface area contributed by atoms with Crippen molar-refractivity contribution in [3.8, 4) is 0 Å². The molecule has 0 N–H and O–H groups in total. The van der Waals surface area contributed by atoms with Crippen LogP contribution in [0.25, 0.3) is 0 Å². The van der Waals surface area contributed by atoms with Gasteiger partial charge in [0.05, 0.1) is 12.7 Å². The normalized spacial score (nSPS) is 39.0. The van der Waals surface area contributed by atoms with Crippen molar-refractivity contribution in [1.29, 1.82) is 0 Å². The summed E-state index contributed by atoms with van der Waals surface area (Å²) < 4.78 is 5.31. The summed E-state index contributed by atoms with van der Waals surface area (Å²) in [5.74, 6) is 0. The van der Waals surface area contributed by atoms with Crippen LogP contribution in [0, 0.1) is 5.41 Å². The molecule has 1 unspecified atom stereocenters. The van der Waals surface area contributed by atoms with Crippen LogP contribution in [0.5, 0.6) is 0 Å². The molecule has 0 amide bonds. The third-order valence-electron chi connectivity index (χ3n) is 4.65. The van der Waals surface area contributed by atoms with Gasteiger partial charge in [0.15, 0.2) is 0 Å². The molecule has 1 heterocycles. The standard InChI is InChI=1S/C12H21NO/c1-13(8-10-9-14-10)11-4-7-12(11)5-2-3-6-12/h10-11H,2-9H2,1H3/t10-,11?/m1/s1. The van der Waals surface area contributed by atoms with E-state index >= 15 is 0 Å². The van der Waals surface area contributed by atoms with Gasteiger partial charge >= 0.3 is 0 Å². The highest BCUT2D eigenvalue weighted by molar-refractivity contribution is 5.03. The lowest BCUT2D eigenvalue weighted by Crippen LogP contribution is -2.53. The molecule has 1 saturated heterocycles. The molecule has 2 atom stereocenters. The van der Waals surface area contributed by atoms with Gasteiger partial charge in [-0.2, -0.15) is 0 Å². The third kappa shape index (κ3) is 1.40. The lowest BCUT2D eigenvalue weighted by Gasteiger charge is -2.51. The predicted octanol–water partition coefficient (Wildman–Crippen LogP) is 2.04. The van der Waals surface area contributed by atoms with E-state index in [2.05, 4.69) is 11.9 Å². The minimum Gasteiger partial charge on any atom is -0.372 e. The number of hydrogen-bond acceptors (Lipinski definition) is 2. The van der Waals surface area contributed by atoms with Crippen molar-refractivity contribution in [2.45, 2.75) is 50.7 Å². The molecule has 80 valence electrons. The molecule has 2 heteroatoms. The van der Waals surface area contributed by atoms with Crippen LogP contribution in [0.4, 0.5) is 0 Å². The zero-order valence-electron chi connectivity index (χ0n) is 9.17. The zero-order valence-corrected chi connectivity index (χ0v) is 9.17. The SMILES string of the molecule is CN(C[C@@H]1CO1)C1CCC12CCCC2. The highest BCUT2D eigenvalue weighted by Crippen LogP contribution is 2.55. The summed E-state index contributed by atoms with van der Waals surface area (Å²) in [6, 6.07) is 0.884. The first-order chi connectivity index (χ1) is 6.80. The maximum atomic E-state index is 5.31. The van der Waals surface area contributed by atoms with E-state index in [0.29, 0.717) is 6.10 Å². The lowest BCUT2D eigenvalue weighted by molar-refractivity contribution is -0.0112. The summed E-state index contributed by atoms with van der Waals surface area (Å²) in [7, 11) is 2.30. The Morgan fingerprint density at radius 3 is 2.50 bits per heavy atom. The fraction of sp³-hybridized carbons (Fsp3) is 1.00. The van der Waals surface area contributed by atoms with E-state index in [1.54, 1.807) is 0 Å². The minimum absolute atomic E-state index is 0.569. The molecule has 1 spiro atoms. The van der Waals surface area contributed by atoms with Crippen molar-refractivity contribution >= 4 is 0 Å². The number of rotatable bonds is 3. The van der Waals surface area contributed by atoms with E-state index in [9.17, 15) is 0 Å². The molecule has 0 aromatic heterocycles. The summed E-state index contributed by atoms with van der Waals surface area (Å²) in [5, 5.41) is 0. The van der Waals surface area contributed by atoms with Gasteiger partial charge in [-0.15, -0.1) is 0 Å². The molecular weight excluding hydrogens is 174 g/mol. The van der Waals surface area contributed by atoms with Crippen molar-refractivity contribution in [2.75, 3.05) is 20.2 Å². The maximum Gasteiger partial charge on any atom is 0.0936 e. The summed E-state index contributed by atoms with van der Waals surface area (Å²) in [6.45, 7) is 2.18. The zero-order chi connectivity index (χ0) is 9.60. The number of likely N-dealkylation sites (N-methyl/N-ethyl adjacent to an activating group) is 1. The Balaban J connectivity index is 1.60. The predicted molar refractivity (Wildman–Crippen MR) is 56.3 cm³/mol. The molecule has 0 radical (unpaired) electrons. The highest BCUT2D eigenvalue weighted by Gasteiger charge is 2.50. The molecule has 2 aliphatic carbocycles. The molecule has 1 aliphatic heterocycles. The highest BCUT2D eigenvalue weighted by atomic mass is 16.6. The molecule has 3 fully saturated rings. The first-order valence-corrected chi connectivity index (χ1v) is 6.12. The second-order valence-electron chi connectivity index (χ2n) is 5.52. The minimum atomic E-state index is 0.569. The first kappa shape index (κ1) is 9.17. The Hall–Kier alpha value is -0.0800. The van der Waals surface area contributed by atoms with E-state index in [4.69, 9.17) is 4.74 Å². The Morgan fingerprint density at radius 1 is 1.29 bits per heavy atom. The Bertz CT molecular complexity index is 218. The summed E-state index contributed by atoms with van der Waals surface area (Å²) in [5.41, 5.74) is 0.740. The molecule has 0 aromatic rings. The van der Waals surface area contributed by atoms with Crippen LogP contribution in [0.2, 0.25) is 0 Å². The van der Waals surface area contributed by atoms with Gasteiger partial charge in [0.25, 0.3) is 0 Å². The van der Waals surface area contributed by atoms with Crippen LogP contribution < -0.4 is 0 Å². The van der Waals surface area contributed by atoms with Crippen LogP contribution in [0.1, 0.15) is 38.5 Å². The van der Waals surface area contributed by atoms with Gasteiger partial charge in [0.2, 0.25) is 0 Å². The van der Waals surface area contributed by atoms with Gasteiger partial charge in [-0.3, -0.25) is 0 Å². The molecule has 3 aliphatic rings. The quantitative estimate of drug-likeness (QED) is 0.640. The maximum absolute atomic E-state index is 5.31. The Kier molecular flexibility index (Phi) is 2.10. The molecule has 3 rings (SSSR count). The molecule has 0 aromatic carbocycles. The van der Waals surface area contributed by atoms with E-state index in [0.717, 1.165) is 18.1 Å². The first-order valence-electron chi connectivity index (χ1n) is 6.12. The summed E-state index contributed by atoms with van der Waals surface area (Å²) >= 11 is 0. The summed E-state index contributed by atoms with van der Waals surface area (Å²) in [6.07, 6.45) is 9.44. The fourth-order valence-electron chi connectivity index (χ4n) is 3.65. The van der Waals surface area contributed by atoms with E-state index in [-0.39, 0.29) is 0 Å². The van der Waals surface area contributed by atoms with Gasteiger partial charge in [-0.05, 0) is 38.1 Å². The van der Waals surface area contributed by atoms with Crippen LogP contribution in [0.3, 0.4) is 0 Å². The second kappa shape index (κ2) is 3.21.